The maximum atomic E-state index is 11.0. The number of aliphatic hydroxyl groups excluding tert-OH is 1. The predicted octanol–water partition coefficient (Wildman–Crippen LogP) is -2.22. The van der Waals surface area contributed by atoms with Gasteiger partial charge in [0.05, 0.1) is 13.2 Å². The van der Waals surface area contributed by atoms with E-state index in [1.54, 1.807) is 0 Å². The normalized spacial score (nSPS) is 12.9. The summed E-state index contributed by atoms with van der Waals surface area (Å²) < 4.78 is 4.33. The van der Waals surface area contributed by atoms with E-state index in [2.05, 4.69) is 4.74 Å². The molecule has 8 N–H and O–H groups in total. The quantitative estimate of drug-likeness (QED) is 0.268. The van der Waals surface area contributed by atoms with Crippen molar-refractivity contribution in [3.63, 3.8) is 0 Å². The summed E-state index contributed by atoms with van der Waals surface area (Å²) in [7, 11) is 0. The molecule has 0 spiro atoms. The van der Waals surface area contributed by atoms with E-state index in [-0.39, 0.29) is 12.5 Å². The summed E-state index contributed by atoms with van der Waals surface area (Å²) in [6, 6.07) is -1.87. The molecule has 0 saturated carbocycles. The number of hydrogen-bond acceptors (Lipinski definition) is 8. The number of nitrogens with two attached hydrogens (primary N) is 3. The molecule has 2 atom stereocenters. The van der Waals surface area contributed by atoms with Gasteiger partial charge in [-0.3, -0.25) is 9.59 Å². The Morgan fingerprint density at radius 3 is 1.90 bits per heavy atom. The maximum Gasteiger partial charge on any atom is 0.330 e. The molecule has 0 aromatic carbocycles. The van der Waals surface area contributed by atoms with Crippen LogP contribution in [0.2, 0.25) is 0 Å². The van der Waals surface area contributed by atoms with Crippen LogP contribution in [0.25, 0.3) is 0 Å². The SMILES string of the molecule is CC(C)C[C@H](N)C(=O)OC(=O)CN.N[C@@H](CO)C(=O)O. The molecule has 0 unspecified atom stereocenters. The molecule has 0 aliphatic heterocycles. The fourth-order valence-corrected chi connectivity index (χ4v) is 0.912. The van der Waals surface area contributed by atoms with E-state index in [4.69, 9.17) is 27.4 Å². The lowest BCUT2D eigenvalue weighted by Gasteiger charge is -2.11. The minimum Gasteiger partial charge on any atom is -0.480 e. The molecular weight excluding hydrogens is 270 g/mol. The number of carbonyl (C=O) groups is 3. The third-order valence-corrected chi connectivity index (χ3v) is 1.92. The molecule has 0 aromatic heterocycles. The Morgan fingerprint density at radius 1 is 1.15 bits per heavy atom. The summed E-state index contributed by atoms with van der Waals surface area (Å²) in [5.74, 6) is -2.34. The lowest BCUT2D eigenvalue weighted by Crippen LogP contribution is -2.36. The average Bonchev–Trinajstić information content (AvgIpc) is 2.37. The number of hydrogen-bond donors (Lipinski definition) is 5. The van der Waals surface area contributed by atoms with Gasteiger partial charge in [0.15, 0.2) is 0 Å². The number of aliphatic hydroxyl groups is 1. The molecule has 0 aliphatic carbocycles. The Balaban J connectivity index is 0. The highest BCUT2D eigenvalue weighted by Crippen LogP contribution is 2.03. The lowest BCUT2D eigenvalue weighted by atomic mass is 10.1. The second kappa shape index (κ2) is 11.3. The molecule has 9 heteroatoms. The van der Waals surface area contributed by atoms with Crippen LogP contribution in [-0.2, 0) is 19.1 Å². The van der Waals surface area contributed by atoms with E-state index in [0.717, 1.165) is 0 Å². The smallest absolute Gasteiger partial charge is 0.330 e. The molecule has 20 heavy (non-hydrogen) atoms. The van der Waals surface area contributed by atoms with Crippen LogP contribution in [0.1, 0.15) is 20.3 Å². The van der Waals surface area contributed by atoms with Crippen LogP contribution >= 0.6 is 0 Å². The Labute approximate surface area is 117 Å². The number of ether oxygens (including phenoxy) is 1. The van der Waals surface area contributed by atoms with E-state index in [1.165, 1.54) is 0 Å². The molecule has 0 aliphatic rings. The summed E-state index contributed by atoms with van der Waals surface area (Å²) in [6.45, 7) is 3.05. The van der Waals surface area contributed by atoms with Crippen molar-refractivity contribution >= 4 is 17.9 Å². The van der Waals surface area contributed by atoms with Gasteiger partial charge >= 0.3 is 17.9 Å². The lowest BCUT2D eigenvalue weighted by molar-refractivity contribution is -0.159. The molecule has 0 saturated heterocycles. The minimum atomic E-state index is -1.18. The van der Waals surface area contributed by atoms with Gasteiger partial charge in [-0.1, -0.05) is 13.8 Å². The zero-order valence-electron chi connectivity index (χ0n) is 11.6. The van der Waals surface area contributed by atoms with Gasteiger partial charge in [-0.2, -0.15) is 0 Å². The number of rotatable bonds is 6. The minimum absolute atomic E-state index is 0.288. The zero-order chi connectivity index (χ0) is 16.3. The van der Waals surface area contributed by atoms with Gasteiger partial charge in [0.1, 0.15) is 12.1 Å². The van der Waals surface area contributed by atoms with Gasteiger partial charge in [-0.05, 0) is 12.3 Å². The highest BCUT2D eigenvalue weighted by molar-refractivity contribution is 5.89. The van der Waals surface area contributed by atoms with Gasteiger partial charge in [-0.15, -0.1) is 0 Å². The van der Waals surface area contributed by atoms with Crippen molar-refractivity contribution < 1.29 is 29.3 Å². The third-order valence-electron chi connectivity index (χ3n) is 1.92. The maximum absolute atomic E-state index is 11.0. The largest absolute Gasteiger partial charge is 0.480 e. The Kier molecular flexibility index (Phi) is 11.7. The van der Waals surface area contributed by atoms with Gasteiger partial charge < -0.3 is 32.2 Å². The van der Waals surface area contributed by atoms with Crippen molar-refractivity contribution in [3.8, 4) is 0 Å². The van der Waals surface area contributed by atoms with Crippen LogP contribution < -0.4 is 17.2 Å². The van der Waals surface area contributed by atoms with E-state index in [9.17, 15) is 14.4 Å². The van der Waals surface area contributed by atoms with Gasteiger partial charge in [0.2, 0.25) is 0 Å². The second-order valence-electron chi connectivity index (χ2n) is 4.36. The molecule has 0 bridgehead atoms. The monoisotopic (exact) mass is 293 g/mol. The summed E-state index contributed by atoms with van der Waals surface area (Å²) in [4.78, 5) is 31.3. The average molecular weight is 293 g/mol. The molecule has 0 rings (SSSR count). The van der Waals surface area contributed by atoms with Crippen LogP contribution in [0.4, 0.5) is 0 Å². The Bertz CT molecular complexity index is 321. The van der Waals surface area contributed by atoms with Gasteiger partial charge in [0, 0.05) is 0 Å². The number of aliphatic carboxylic acids is 1. The number of esters is 2. The summed E-state index contributed by atoms with van der Waals surface area (Å²) in [6.07, 6.45) is 0.497. The van der Waals surface area contributed by atoms with Gasteiger partial charge in [-0.25, -0.2) is 4.79 Å². The van der Waals surface area contributed by atoms with E-state index in [0.29, 0.717) is 6.42 Å². The zero-order valence-corrected chi connectivity index (χ0v) is 11.6. The van der Waals surface area contributed by atoms with E-state index < -0.39 is 36.6 Å². The highest BCUT2D eigenvalue weighted by atomic mass is 16.6. The van der Waals surface area contributed by atoms with Crippen LogP contribution in [-0.4, -0.2) is 53.4 Å². The van der Waals surface area contributed by atoms with Crippen molar-refractivity contribution in [2.45, 2.75) is 32.4 Å². The first-order chi connectivity index (χ1) is 9.15. The van der Waals surface area contributed by atoms with Crippen LogP contribution in [0.3, 0.4) is 0 Å². The highest BCUT2D eigenvalue weighted by Gasteiger charge is 2.18. The predicted molar refractivity (Wildman–Crippen MR) is 70.3 cm³/mol. The fourth-order valence-electron chi connectivity index (χ4n) is 0.912. The molecule has 0 amide bonds. The number of carboxylic acids is 1. The number of carboxylic acid groups (broad SMARTS) is 1. The molecule has 9 nitrogen and oxygen atoms in total. The molecule has 0 radical (unpaired) electrons. The van der Waals surface area contributed by atoms with Crippen molar-refractivity contribution in [2.75, 3.05) is 13.2 Å². The van der Waals surface area contributed by atoms with Crippen LogP contribution in [0, 0.1) is 5.92 Å². The standard InChI is InChI=1S/C8H16N2O3.C3H7NO3/c1-5(2)3-6(10)8(12)13-7(11)4-9;4-2(1-5)3(6)7/h5-6H,3-4,9-10H2,1-2H3;2,5H,1,4H2,(H,6,7)/t6-;2-/m00/s1. The van der Waals surface area contributed by atoms with Crippen molar-refractivity contribution in [2.24, 2.45) is 23.1 Å². The number of carbonyl (C=O) groups excluding carboxylic acids is 2. The Morgan fingerprint density at radius 2 is 1.65 bits per heavy atom. The van der Waals surface area contributed by atoms with Gasteiger partial charge in [0.25, 0.3) is 0 Å². The van der Waals surface area contributed by atoms with E-state index >= 15 is 0 Å². The fraction of sp³-hybridized carbons (Fsp3) is 0.727. The molecule has 0 aromatic rings. The summed E-state index contributed by atoms with van der Waals surface area (Å²) >= 11 is 0. The first-order valence-corrected chi connectivity index (χ1v) is 5.95. The molecule has 0 fully saturated rings. The van der Waals surface area contributed by atoms with Crippen molar-refractivity contribution in [3.05, 3.63) is 0 Å². The Hall–Kier alpha value is -1.55. The molecule has 118 valence electrons. The van der Waals surface area contributed by atoms with Crippen LogP contribution in [0.5, 0.6) is 0 Å². The summed E-state index contributed by atoms with van der Waals surface area (Å²) in [5.41, 5.74) is 15.2. The second-order valence-corrected chi connectivity index (χ2v) is 4.36. The first-order valence-electron chi connectivity index (χ1n) is 5.95. The van der Waals surface area contributed by atoms with Crippen molar-refractivity contribution in [1.29, 1.82) is 0 Å². The van der Waals surface area contributed by atoms with Crippen LogP contribution in [0.15, 0.2) is 0 Å². The topological polar surface area (TPSA) is 179 Å². The van der Waals surface area contributed by atoms with E-state index in [1.807, 2.05) is 13.8 Å². The first kappa shape index (κ1) is 20.8. The summed E-state index contributed by atoms with van der Waals surface area (Å²) in [5, 5.41) is 15.9. The molecular formula is C11H23N3O6. The van der Waals surface area contributed by atoms with Crippen molar-refractivity contribution in [1.82, 2.24) is 0 Å². The molecule has 0 heterocycles. The third kappa shape index (κ3) is 11.5.